The molecule has 0 saturated carbocycles. The Kier molecular flexibility index (Phi) is 3.22. The third-order valence-electron chi connectivity index (χ3n) is 4.16. The van der Waals surface area contributed by atoms with Crippen LogP contribution in [0.1, 0.15) is 31.4 Å². The average Bonchev–Trinajstić information content (AvgIpc) is 2.86. The number of rotatable bonds is 2. The van der Waals surface area contributed by atoms with Crippen molar-refractivity contribution in [1.29, 1.82) is 0 Å². The van der Waals surface area contributed by atoms with E-state index in [1.807, 2.05) is 12.1 Å². The fourth-order valence-corrected chi connectivity index (χ4v) is 3.03. The molecule has 2 aliphatic heterocycles. The van der Waals surface area contributed by atoms with Gasteiger partial charge in [-0.3, -0.25) is 4.90 Å². The minimum absolute atomic E-state index is 0.432. The van der Waals surface area contributed by atoms with Crippen LogP contribution < -0.4 is 4.90 Å². The number of pyridine rings is 1. The Hall–Kier alpha value is -1.13. The summed E-state index contributed by atoms with van der Waals surface area (Å²) in [5.74, 6) is 1.05. The van der Waals surface area contributed by atoms with Crippen LogP contribution in [0.2, 0.25) is 0 Å². The highest BCUT2D eigenvalue weighted by molar-refractivity contribution is 5.40. The first-order chi connectivity index (χ1) is 8.74. The molecular formula is C14H21N3O. The van der Waals surface area contributed by atoms with Crippen molar-refractivity contribution in [3.63, 3.8) is 0 Å². The molecule has 0 bridgehead atoms. The number of anilines is 1. The summed E-state index contributed by atoms with van der Waals surface area (Å²) in [5.41, 5.74) is 0.887. The lowest BCUT2D eigenvalue weighted by Crippen LogP contribution is -2.50. The van der Waals surface area contributed by atoms with Crippen LogP contribution in [0.3, 0.4) is 0 Å². The van der Waals surface area contributed by atoms with E-state index in [0.29, 0.717) is 0 Å². The van der Waals surface area contributed by atoms with E-state index in [4.69, 9.17) is 0 Å². The van der Waals surface area contributed by atoms with Gasteiger partial charge in [0, 0.05) is 31.9 Å². The fourth-order valence-electron chi connectivity index (χ4n) is 3.03. The van der Waals surface area contributed by atoms with Gasteiger partial charge in [-0.1, -0.05) is 6.07 Å². The average molecular weight is 247 g/mol. The summed E-state index contributed by atoms with van der Waals surface area (Å²) < 4.78 is 0. The molecule has 0 amide bonds. The van der Waals surface area contributed by atoms with Gasteiger partial charge >= 0.3 is 0 Å². The summed E-state index contributed by atoms with van der Waals surface area (Å²) in [5, 5.41) is 9.49. The van der Waals surface area contributed by atoms with E-state index in [-0.39, 0.29) is 0 Å². The predicted molar refractivity (Wildman–Crippen MR) is 71.7 cm³/mol. The quantitative estimate of drug-likeness (QED) is 0.858. The van der Waals surface area contributed by atoms with Gasteiger partial charge in [0.25, 0.3) is 0 Å². The van der Waals surface area contributed by atoms with Crippen molar-refractivity contribution in [1.82, 2.24) is 9.88 Å². The molecule has 1 N–H and O–H groups in total. The maximum atomic E-state index is 9.49. The van der Waals surface area contributed by atoms with Crippen molar-refractivity contribution < 1.29 is 5.11 Å². The number of fused-ring (bicyclic) bond motifs is 1. The van der Waals surface area contributed by atoms with Crippen molar-refractivity contribution in [3.05, 3.63) is 23.9 Å². The molecule has 18 heavy (non-hydrogen) atoms. The van der Waals surface area contributed by atoms with E-state index >= 15 is 0 Å². The summed E-state index contributed by atoms with van der Waals surface area (Å²) in [4.78, 5) is 9.46. The van der Waals surface area contributed by atoms with Crippen LogP contribution >= 0.6 is 0 Å². The predicted octanol–water partition coefficient (Wildman–Crippen LogP) is 1.42. The second kappa shape index (κ2) is 4.86. The van der Waals surface area contributed by atoms with Crippen molar-refractivity contribution in [3.8, 4) is 0 Å². The zero-order valence-corrected chi connectivity index (χ0v) is 10.9. The minimum Gasteiger partial charge on any atom is -0.389 e. The molecule has 1 aromatic heterocycles. The number of aliphatic hydroxyl groups excluding tert-OH is 1. The van der Waals surface area contributed by atoms with Crippen LogP contribution in [0.25, 0.3) is 0 Å². The molecule has 3 heterocycles. The lowest BCUT2D eigenvalue weighted by Gasteiger charge is -2.38. The smallest absolute Gasteiger partial charge is 0.128 e. The molecule has 1 unspecified atom stereocenters. The highest BCUT2D eigenvalue weighted by atomic mass is 16.3. The molecule has 0 aromatic carbocycles. The maximum Gasteiger partial charge on any atom is 0.128 e. The van der Waals surface area contributed by atoms with E-state index in [1.165, 1.54) is 19.4 Å². The third-order valence-corrected chi connectivity index (χ3v) is 4.16. The Labute approximate surface area is 108 Å². The Balaban J connectivity index is 1.71. The third kappa shape index (κ3) is 2.22. The lowest BCUT2D eigenvalue weighted by atomic mass is 10.1. The highest BCUT2D eigenvalue weighted by Crippen LogP contribution is 2.24. The van der Waals surface area contributed by atoms with Crippen molar-refractivity contribution in [2.75, 3.05) is 31.1 Å². The van der Waals surface area contributed by atoms with Gasteiger partial charge in [-0.2, -0.15) is 0 Å². The van der Waals surface area contributed by atoms with Gasteiger partial charge in [-0.15, -0.1) is 0 Å². The Bertz CT molecular complexity index is 404. The van der Waals surface area contributed by atoms with Gasteiger partial charge < -0.3 is 10.0 Å². The van der Waals surface area contributed by atoms with Gasteiger partial charge in [0.15, 0.2) is 0 Å². The summed E-state index contributed by atoms with van der Waals surface area (Å²) in [6, 6.07) is 4.73. The molecule has 4 nitrogen and oxygen atoms in total. The molecule has 98 valence electrons. The zero-order valence-electron chi connectivity index (χ0n) is 10.9. The normalized spacial score (nSPS) is 26.1. The zero-order chi connectivity index (χ0) is 12.5. The monoisotopic (exact) mass is 247 g/mol. The molecule has 2 fully saturated rings. The first-order valence-corrected chi connectivity index (χ1v) is 6.87. The summed E-state index contributed by atoms with van der Waals surface area (Å²) in [6.07, 6.45) is 4.02. The van der Waals surface area contributed by atoms with Crippen LogP contribution in [0.15, 0.2) is 18.3 Å². The second-order valence-corrected chi connectivity index (χ2v) is 5.40. The Morgan fingerprint density at radius 1 is 1.33 bits per heavy atom. The molecular weight excluding hydrogens is 226 g/mol. The molecule has 0 spiro atoms. The second-order valence-electron chi connectivity index (χ2n) is 5.40. The van der Waals surface area contributed by atoms with Crippen LogP contribution in [-0.4, -0.2) is 47.2 Å². The SMILES string of the molecule is C[C@H](O)c1ccc(N2CCN3CCCC3C2)nc1. The van der Waals surface area contributed by atoms with Gasteiger partial charge in [0.2, 0.25) is 0 Å². The standard InChI is InChI=1S/C14H21N3O/c1-11(18)12-4-5-14(15-9-12)17-8-7-16-6-2-3-13(16)10-17/h4-5,9,11,13,18H,2-3,6-8,10H2,1H3/t11-,13?/m0/s1. The first-order valence-electron chi connectivity index (χ1n) is 6.87. The highest BCUT2D eigenvalue weighted by Gasteiger charge is 2.30. The topological polar surface area (TPSA) is 39.6 Å². The number of hydrogen-bond acceptors (Lipinski definition) is 4. The number of aliphatic hydroxyl groups is 1. The van der Waals surface area contributed by atoms with Crippen molar-refractivity contribution >= 4 is 5.82 Å². The number of aromatic nitrogens is 1. The summed E-state index contributed by atoms with van der Waals surface area (Å²) in [6.45, 7) is 6.37. The van der Waals surface area contributed by atoms with Crippen molar-refractivity contribution in [2.24, 2.45) is 0 Å². The number of piperazine rings is 1. The van der Waals surface area contributed by atoms with E-state index in [0.717, 1.165) is 37.1 Å². The summed E-state index contributed by atoms with van der Waals surface area (Å²) in [7, 11) is 0. The molecule has 2 atom stereocenters. The van der Waals surface area contributed by atoms with E-state index in [9.17, 15) is 5.11 Å². The van der Waals surface area contributed by atoms with Crippen LogP contribution in [0.5, 0.6) is 0 Å². The van der Waals surface area contributed by atoms with E-state index in [2.05, 4.69) is 14.8 Å². The van der Waals surface area contributed by atoms with Gasteiger partial charge in [-0.25, -0.2) is 4.98 Å². The molecule has 1 aromatic rings. The molecule has 4 heteroatoms. The molecule has 3 rings (SSSR count). The fraction of sp³-hybridized carbons (Fsp3) is 0.643. The Morgan fingerprint density at radius 3 is 2.94 bits per heavy atom. The Morgan fingerprint density at radius 2 is 2.22 bits per heavy atom. The largest absolute Gasteiger partial charge is 0.389 e. The van der Waals surface area contributed by atoms with Crippen molar-refractivity contribution in [2.45, 2.75) is 31.9 Å². The molecule has 0 aliphatic carbocycles. The molecule has 0 radical (unpaired) electrons. The molecule has 2 aliphatic rings. The first kappa shape index (κ1) is 11.9. The maximum absolute atomic E-state index is 9.49. The number of nitrogens with zero attached hydrogens (tertiary/aromatic N) is 3. The van der Waals surface area contributed by atoms with Gasteiger partial charge in [0.1, 0.15) is 5.82 Å². The lowest BCUT2D eigenvalue weighted by molar-refractivity contribution is 0.199. The van der Waals surface area contributed by atoms with Gasteiger partial charge in [0.05, 0.1) is 6.10 Å². The van der Waals surface area contributed by atoms with Gasteiger partial charge in [-0.05, 0) is 37.9 Å². The molecule has 2 saturated heterocycles. The van der Waals surface area contributed by atoms with Crippen LogP contribution in [0.4, 0.5) is 5.82 Å². The number of hydrogen-bond donors (Lipinski definition) is 1. The van der Waals surface area contributed by atoms with Crippen LogP contribution in [0, 0.1) is 0 Å². The summed E-state index contributed by atoms with van der Waals surface area (Å²) >= 11 is 0. The van der Waals surface area contributed by atoms with E-state index < -0.39 is 6.10 Å². The van der Waals surface area contributed by atoms with Crippen LogP contribution in [-0.2, 0) is 0 Å². The van der Waals surface area contributed by atoms with E-state index in [1.54, 1.807) is 13.1 Å². The minimum atomic E-state index is -0.432.